The third-order valence-corrected chi connectivity index (χ3v) is 3.02. The molecule has 1 aliphatic heterocycles. The number of hydrogen-bond donors (Lipinski definition) is 1. The molecular weight excluding hydrogens is 208 g/mol. The van der Waals surface area contributed by atoms with Crippen molar-refractivity contribution < 1.29 is 0 Å². The van der Waals surface area contributed by atoms with Crippen LogP contribution in [0.25, 0.3) is 0 Å². The number of hydrogen-bond acceptors (Lipinski definition) is 2. The van der Waals surface area contributed by atoms with Gasteiger partial charge in [-0.3, -0.25) is 0 Å². The number of likely N-dealkylation sites (tertiary alicyclic amines) is 1. The summed E-state index contributed by atoms with van der Waals surface area (Å²) in [4.78, 5) is 2.57. The van der Waals surface area contributed by atoms with Crippen molar-refractivity contribution in [3.05, 3.63) is 12.2 Å². The average molecular weight is 240 g/mol. The minimum atomic E-state index is 0.461. The highest BCUT2D eigenvalue weighted by Crippen LogP contribution is 2.11. The first kappa shape index (κ1) is 16.7. The van der Waals surface area contributed by atoms with Gasteiger partial charge in [0.25, 0.3) is 0 Å². The molecule has 1 fully saturated rings. The zero-order chi connectivity index (χ0) is 13.3. The Morgan fingerprint density at radius 1 is 1.18 bits per heavy atom. The summed E-state index contributed by atoms with van der Waals surface area (Å²) >= 11 is 0. The smallest absolute Gasteiger partial charge is 0.0405 e. The minimum Gasteiger partial charge on any atom is -0.307 e. The van der Waals surface area contributed by atoms with E-state index in [1.165, 1.54) is 37.9 Å². The normalized spacial score (nSPS) is 18.5. The number of piperidine rings is 1. The van der Waals surface area contributed by atoms with Gasteiger partial charge >= 0.3 is 0 Å². The standard InChI is InChI=1S/C13H26N2.C2H6/c1-11(2)13(14-12(3)4)10-15-8-6-5-7-9-15;1-2/h12-14H,1,5-10H2,2-4H3;1-2H3. The molecule has 0 radical (unpaired) electrons. The van der Waals surface area contributed by atoms with Crippen LogP contribution in [0.2, 0.25) is 0 Å². The van der Waals surface area contributed by atoms with E-state index in [0.29, 0.717) is 12.1 Å². The fourth-order valence-corrected chi connectivity index (χ4v) is 2.15. The second-order valence-electron chi connectivity index (χ2n) is 5.08. The maximum Gasteiger partial charge on any atom is 0.0405 e. The van der Waals surface area contributed by atoms with E-state index in [1.807, 2.05) is 13.8 Å². The predicted octanol–water partition coefficient (Wildman–Crippen LogP) is 3.44. The first-order valence-electron chi connectivity index (χ1n) is 7.23. The van der Waals surface area contributed by atoms with Crippen LogP contribution in [0, 0.1) is 0 Å². The van der Waals surface area contributed by atoms with Crippen LogP contribution in [-0.4, -0.2) is 36.6 Å². The Labute approximate surface area is 108 Å². The summed E-state index contributed by atoms with van der Waals surface area (Å²) in [6.07, 6.45) is 4.14. The minimum absolute atomic E-state index is 0.461. The molecule has 102 valence electrons. The van der Waals surface area contributed by atoms with Crippen molar-refractivity contribution in [2.24, 2.45) is 0 Å². The van der Waals surface area contributed by atoms with Crippen molar-refractivity contribution in [1.29, 1.82) is 0 Å². The number of nitrogens with one attached hydrogen (secondary N) is 1. The van der Waals surface area contributed by atoms with E-state index in [1.54, 1.807) is 0 Å². The van der Waals surface area contributed by atoms with Crippen LogP contribution in [0.3, 0.4) is 0 Å². The predicted molar refractivity (Wildman–Crippen MR) is 78.5 cm³/mol. The van der Waals surface area contributed by atoms with Gasteiger partial charge in [0.2, 0.25) is 0 Å². The molecule has 0 spiro atoms. The van der Waals surface area contributed by atoms with Gasteiger partial charge in [-0.15, -0.1) is 0 Å². The first-order valence-corrected chi connectivity index (χ1v) is 7.23. The molecule has 1 atom stereocenters. The van der Waals surface area contributed by atoms with Gasteiger partial charge in [0, 0.05) is 18.6 Å². The lowest BCUT2D eigenvalue weighted by atomic mass is 10.1. The monoisotopic (exact) mass is 240 g/mol. The SMILES string of the molecule is C=C(C)C(CN1CCCCC1)NC(C)C.CC. The van der Waals surface area contributed by atoms with Gasteiger partial charge in [0.1, 0.15) is 0 Å². The summed E-state index contributed by atoms with van der Waals surface area (Å²) in [6.45, 7) is 18.3. The van der Waals surface area contributed by atoms with Gasteiger partial charge in [0.05, 0.1) is 0 Å². The summed E-state index contributed by atoms with van der Waals surface area (Å²) in [6, 6.07) is 1.000. The molecular formula is C15H32N2. The molecule has 1 N–H and O–H groups in total. The van der Waals surface area contributed by atoms with E-state index >= 15 is 0 Å². The Kier molecular flexibility index (Phi) is 9.47. The average Bonchev–Trinajstić information content (AvgIpc) is 2.31. The Hall–Kier alpha value is -0.340. The molecule has 0 aromatic carbocycles. The summed E-state index contributed by atoms with van der Waals surface area (Å²) < 4.78 is 0. The van der Waals surface area contributed by atoms with Crippen molar-refractivity contribution in [3.8, 4) is 0 Å². The molecule has 17 heavy (non-hydrogen) atoms. The second-order valence-corrected chi connectivity index (χ2v) is 5.08. The highest BCUT2D eigenvalue weighted by molar-refractivity contribution is 5.03. The first-order chi connectivity index (χ1) is 8.09. The zero-order valence-electron chi connectivity index (χ0n) is 12.6. The zero-order valence-corrected chi connectivity index (χ0v) is 12.6. The third kappa shape index (κ3) is 7.56. The van der Waals surface area contributed by atoms with Crippen LogP contribution in [0.5, 0.6) is 0 Å². The highest BCUT2D eigenvalue weighted by atomic mass is 15.2. The van der Waals surface area contributed by atoms with Gasteiger partial charge in [0.15, 0.2) is 0 Å². The number of nitrogens with zero attached hydrogens (tertiary/aromatic N) is 1. The van der Waals surface area contributed by atoms with Gasteiger partial charge in [-0.05, 0) is 32.9 Å². The summed E-state index contributed by atoms with van der Waals surface area (Å²) in [7, 11) is 0. The molecule has 1 unspecified atom stereocenters. The van der Waals surface area contributed by atoms with E-state index in [-0.39, 0.29) is 0 Å². The van der Waals surface area contributed by atoms with Gasteiger partial charge < -0.3 is 10.2 Å². The fourth-order valence-electron chi connectivity index (χ4n) is 2.15. The lowest BCUT2D eigenvalue weighted by Crippen LogP contribution is -2.45. The Morgan fingerprint density at radius 2 is 1.71 bits per heavy atom. The highest BCUT2D eigenvalue weighted by Gasteiger charge is 2.17. The van der Waals surface area contributed by atoms with Crippen LogP contribution < -0.4 is 5.32 Å². The van der Waals surface area contributed by atoms with E-state index in [9.17, 15) is 0 Å². The Balaban J connectivity index is 0.00000121. The molecule has 2 heteroatoms. The maximum absolute atomic E-state index is 4.08. The van der Waals surface area contributed by atoms with Crippen LogP contribution in [0.1, 0.15) is 53.9 Å². The van der Waals surface area contributed by atoms with Gasteiger partial charge in [-0.1, -0.05) is 46.3 Å². The second kappa shape index (κ2) is 9.67. The van der Waals surface area contributed by atoms with Crippen molar-refractivity contribution in [2.75, 3.05) is 19.6 Å². The molecule has 1 heterocycles. The molecule has 0 aliphatic carbocycles. The van der Waals surface area contributed by atoms with Crippen molar-refractivity contribution >= 4 is 0 Å². The lowest BCUT2D eigenvalue weighted by molar-refractivity contribution is 0.210. The van der Waals surface area contributed by atoms with E-state index in [2.05, 4.69) is 37.6 Å². The van der Waals surface area contributed by atoms with E-state index in [0.717, 1.165) is 6.54 Å². The van der Waals surface area contributed by atoms with Crippen molar-refractivity contribution in [1.82, 2.24) is 10.2 Å². The van der Waals surface area contributed by atoms with E-state index < -0.39 is 0 Å². The summed E-state index contributed by atoms with van der Waals surface area (Å²) in [5.41, 5.74) is 1.26. The Bertz CT molecular complexity index is 193. The van der Waals surface area contributed by atoms with Crippen LogP contribution >= 0.6 is 0 Å². The van der Waals surface area contributed by atoms with Crippen LogP contribution in [0.15, 0.2) is 12.2 Å². The van der Waals surface area contributed by atoms with Crippen LogP contribution in [0.4, 0.5) is 0 Å². The number of rotatable bonds is 5. The molecule has 0 aromatic rings. The lowest BCUT2D eigenvalue weighted by Gasteiger charge is -2.32. The summed E-state index contributed by atoms with van der Waals surface area (Å²) in [5, 5.41) is 3.59. The van der Waals surface area contributed by atoms with Gasteiger partial charge in [-0.2, -0.15) is 0 Å². The van der Waals surface area contributed by atoms with E-state index in [4.69, 9.17) is 0 Å². The van der Waals surface area contributed by atoms with Crippen molar-refractivity contribution in [2.45, 2.75) is 66.0 Å². The molecule has 2 nitrogen and oxygen atoms in total. The third-order valence-electron chi connectivity index (χ3n) is 3.02. The molecule has 0 bridgehead atoms. The molecule has 0 saturated carbocycles. The van der Waals surface area contributed by atoms with Crippen LogP contribution in [-0.2, 0) is 0 Å². The van der Waals surface area contributed by atoms with Crippen molar-refractivity contribution in [3.63, 3.8) is 0 Å². The molecule has 0 amide bonds. The van der Waals surface area contributed by atoms with Gasteiger partial charge in [-0.25, -0.2) is 0 Å². The largest absolute Gasteiger partial charge is 0.307 e. The molecule has 1 aliphatic rings. The molecule has 0 aromatic heterocycles. The fraction of sp³-hybridized carbons (Fsp3) is 0.867. The molecule has 1 saturated heterocycles. The maximum atomic E-state index is 4.08. The Morgan fingerprint density at radius 3 is 2.12 bits per heavy atom. The summed E-state index contributed by atoms with van der Waals surface area (Å²) in [5.74, 6) is 0. The molecule has 1 rings (SSSR count). The topological polar surface area (TPSA) is 15.3 Å². The quantitative estimate of drug-likeness (QED) is 0.741.